The van der Waals surface area contributed by atoms with Crippen LogP contribution in [0.4, 0.5) is 5.82 Å². The first-order chi connectivity index (χ1) is 8.72. The average molecular weight is 252 g/mol. The molecule has 2 rings (SSSR count). The summed E-state index contributed by atoms with van der Waals surface area (Å²) in [5.41, 5.74) is 5.43. The highest BCUT2D eigenvalue weighted by Gasteiger charge is 2.26. The summed E-state index contributed by atoms with van der Waals surface area (Å²) < 4.78 is 5.12. The normalized spacial score (nSPS) is 16.6. The Hall–Kier alpha value is -1.40. The van der Waals surface area contributed by atoms with E-state index in [4.69, 9.17) is 10.5 Å². The van der Waals surface area contributed by atoms with Gasteiger partial charge in [0.25, 0.3) is 5.56 Å². The molecule has 1 aromatic rings. The molecule has 0 aromatic carbocycles. The Morgan fingerprint density at radius 2 is 2.44 bits per heavy atom. The van der Waals surface area contributed by atoms with Crippen molar-refractivity contribution in [3.63, 3.8) is 0 Å². The second kappa shape index (κ2) is 5.97. The van der Waals surface area contributed by atoms with Crippen LogP contribution >= 0.6 is 0 Å². The Balaban J connectivity index is 2.08. The van der Waals surface area contributed by atoms with Gasteiger partial charge in [-0.25, -0.2) is 4.98 Å². The van der Waals surface area contributed by atoms with Crippen LogP contribution in [-0.4, -0.2) is 36.3 Å². The minimum Gasteiger partial charge on any atom is -0.383 e. The van der Waals surface area contributed by atoms with Crippen molar-refractivity contribution < 1.29 is 4.74 Å². The summed E-state index contributed by atoms with van der Waals surface area (Å²) in [5, 5.41) is 3.21. The summed E-state index contributed by atoms with van der Waals surface area (Å²) in [7, 11) is 1.64. The van der Waals surface area contributed by atoms with Gasteiger partial charge >= 0.3 is 0 Å². The third kappa shape index (κ3) is 3.54. The first-order valence-corrected chi connectivity index (χ1v) is 6.29. The van der Waals surface area contributed by atoms with E-state index in [9.17, 15) is 4.79 Å². The molecule has 1 unspecified atom stereocenters. The maximum absolute atomic E-state index is 11.5. The van der Waals surface area contributed by atoms with E-state index in [1.54, 1.807) is 7.11 Å². The van der Waals surface area contributed by atoms with Crippen LogP contribution in [0.3, 0.4) is 0 Å². The number of rotatable bonds is 7. The molecule has 0 amide bonds. The van der Waals surface area contributed by atoms with Gasteiger partial charge in [0.1, 0.15) is 11.6 Å². The first kappa shape index (κ1) is 13.0. The van der Waals surface area contributed by atoms with Crippen molar-refractivity contribution in [2.24, 2.45) is 5.73 Å². The lowest BCUT2D eigenvalue weighted by Crippen LogP contribution is -2.29. The number of H-pyrrole nitrogens is 1. The van der Waals surface area contributed by atoms with Crippen molar-refractivity contribution in [1.29, 1.82) is 0 Å². The molecule has 4 N–H and O–H groups in total. The summed E-state index contributed by atoms with van der Waals surface area (Å²) in [5.74, 6) is 1.82. The molecule has 6 heteroatoms. The van der Waals surface area contributed by atoms with E-state index >= 15 is 0 Å². The van der Waals surface area contributed by atoms with Crippen LogP contribution in [0.25, 0.3) is 0 Å². The van der Waals surface area contributed by atoms with E-state index in [0.29, 0.717) is 24.9 Å². The van der Waals surface area contributed by atoms with Gasteiger partial charge < -0.3 is 20.8 Å². The molecule has 0 aliphatic heterocycles. The summed E-state index contributed by atoms with van der Waals surface area (Å²) in [6, 6.07) is 1.56. The molecule has 100 valence electrons. The zero-order chi connectivity index (χ0) is 13.0. The lowest BCUT2D eigenvalue weighted by Gasteiger charge is -2.17. The summed E-state index contributed by atoms with van der Waals surface area (Å²) in [6.45, 7) is 1.12. The summed E-state index contributed by atoms with van der Waals surface area (Å²) in [6.07, 6.45) is 2.99. The minimum absolute atomic E-state index is 0.0846. The quantitative estimate of drug-likeness (QED) is 0.654. The molecule has 1 fully saturated rings. The molecule has 0 saturated heterocycles. The fourth-order valence-electron chi connectivity index (χ4n) is 1.91. The van der Waals surface area contributed by atoms with Crippen molar-refractivity contribution in [2.75, 3.05) is 25.6 Å². The zero-order valence-electron chi connectivity index (χ0n) is 10.6. The van der Waals surface area contributed by atoms with Gasteiger partial charge in [-0.15, -0.1) is 0 Å². The molecular weight excluding hydrogens is 232 g/mol. The van der Waals surface area contributed by atoms with E-state index in [2.05, 4.69) is 15.3 Å². The number of hydrogen-bond donors (Lipinski definition) is 3. The number of anilines is 1. The molecule has 1 aliphatic rings. The number of hydrogen-bond acceptors (Lipinski definition) is 5. The van der Waals surface area contributed by atoms with Gasteiger partial charge in [-0.1, -0.05) is 0 Å². The highest BCUT2D eigenvalue weighted by molar-refractivity contribution is 5.35. The van der Waals surface area contributed by atoms with Gasteiger partial charge in [-0.2, -0.15) is 0 Å². The van der Waals surface area contributed by atoms with Crippen molar-refractivity contribution in [3.8, 4) is 0 Å². The Morgan fingerprint density at radius 1 is 1.67 bits per heavy atom. The fraction of sp³-hybridized carbons (Fsp3) is 0.667. The van der Waals surface area contributed by atoms with Crippen LogP contribution in [0, 0.1) is 0 Å². The molecule has 1 aliphatic carbocycles. The molecular formula is C12H20N4O2. The van der Waals surface area contributed by atoms with Crippen LogP contribution in [0.2, 0.25) is 0 Å². The van der Waals surface area contributed by atoms with E-state index < -0.39 is 0 Å². The molecule has 1 atom stereocenters. The standard InChI is InChI=1S/C12H20N4O2/c1-18-7-9(4-5-13)14-10-6-11(17)16-12(15-10)8-2-3-8/h6,8-9H,2-5,7,13H2,1H3,(H2,14,15,16,17). The van der Waals surface area contributed by atoms with Gasteiger partial charge in [-0.05, 0) is 25.8 Å². The minimum atomic E-state index is -0.113. The second-order valence-electron chi connectivity index (χ2n) is 4.66. The van der Waals surface area contributed by atoms with E-state index in [1.807, 2.05) is 0 Å². The first-order valence-electron chi connectivity index (χ1n) is 6.29. The molecule has 1 aromatic heterocycles. The number of aromatic nitrogens is 2. The van der Waals surface area contributed by atoms with E-state index in [1.165, 1.54) is 6.07 Å². The van der Waals surface area contributed by atoms with E-state index in [-0.39, 0.29) is 11.6 Å². The van der Waals surface area contributed by atoms with Gasteiger partial charge in [-0.3, -0.25) is 4.79 Å². The number of nitrogens with zero attached hydrogens (tertiary/aromatic N) is 1. The van der Waals surface area contributed by atoms with Crippen molar-refractivity contribution in [1.82, 2.24) is 9.97 Å². The number of nitrogens with two attached hydrogens (primary N) is 1. The Bertz CT molecular complexity index is 436. The Labute approximate surface area is 106 Å². The lowest BCUT2D eigenvalue weighted by molar-refractivity contribution is 0.183. The maximum atomic E-state index is 11.5. The molecule has 0 radical (unpaired) electrons. The third-order valence-electron chi connectivity index (χ3n) is 2.96. The fourth-order valence-corrected chi connectivity index (χ4v) is 1.91. The smallest absolute Gasteiger partial charge is 0.252 e. The van der Waals surface area contributed by atoms with Gasteiger partial charge in [0.15, 0.2) is 0 Å². The predicted molar refractivity (Wildman–Crippen MR) is 69.8 cm³/mol. The van der Waals surface area contributed by atoms with Crippen LogP contribution in [0.5, 0.6) is 0 Å². The average Bonchev–Trinajstić information content (AvgIpc) is 3.12. The summed E-state index contributed by atoms with van der Waals surface area (Å²) in [4.78, 5) is 18.8. The SMILES string of the molecule is COCC(CCN)Nc1cc(=O)[nH]c(C2CC2)n1. The highest BCUT2D eigenvalue weighted by atomic mass is 16.5. The lowest BCUT2D eigenvalue weighted by atomic mass is 10.2. The van der Waals surface area contributed by atoms with Crippen LogP contribution in [0.15, 0.2) is 10.9 Å². The zero-order valence-corrected chi connectivity index (χ0v) is 10.6. The highest BCUT2D eigenvalue weighted by Crippen LogP contribution is 2.37. The molecule has 6 nitrogen and oxygen atoms in total. The number of ether oxygens (including phenoxy) is 1. The monoisotopic (exact) mass is 252 g/mol. The Kier molecular flexibility index (Phi) is 4.33. The third-order valence-corrected chi connectivity index (χ3v) is 2.96. The maximum Gasteiger partial charge on any atom is 0.252 e. The molecule has 0 spiro atoms. The van der Waals surface area contributed by atoms with Crippen molar-refractivity contribution in [3.05, 3.63) is 22.2 Å². The van der Waals surface area contributed by atoms with Crippen molar-refractivity contribution in [2.45, 2.75) is 31.2 Å². The van der Waals surface area contributed by atoms with Gasteiger partial charge in [0.2, 0.25) is 0 Å². The largest absolute Gasteiger partial charge is 0.383 e. The predicted octanol–water partition coefficient (Wildman–Crippen LogP) is 0.423. The topological polar surface area (TPSA) is 93.0 Å². The van der Waals surface area contributed by atoms with E-state index in [0.717, 1.165) is 25.1 Å². The van der Waals surface area contributed by atoms with Crippen LogP contribution < -0.4 is 16.6 Å². The van der Waals surface area contributed by atoms with Crippen LogP contribution in [-0.2, 0) is 4.74 Å². The number of methoxy groups -OCH3 is 1. The number of aromatic amines is 1. The second-order valence-corrected chi connectivity index (χ2v) is 4.66. The van der Waals surface area contributed by atoms with Crippen LogP contribution in [0.1, 0.15) is 31.0 Å². The summed E-state index contributed by atoms with van der Waals surface area (Å²) >= 11 is 0. The number of nitrogens with one attached hydrogen (secondary N) is 2. The van der Waals surface area contributed by atoms with Crippen molar-refractivity contribution >= 4 is 5.82 Å². The Morgan fingerprint density at radius 3 is 3.06 bits per heavy atom. The molecule has 1 heterocycles. The molecule has 18 heavy (non-hydrogen) atoms. The van der Waals surface area contributed by atoms with Gasteiger partial charge in [0, 0.05) is 19.1 Å². The molecule has 0 bridgehead atoms. The molecule has 1 saturated carbocycles. The van der Waals surface area contributed by atoms with Gasteiger partial charge in [0.05, 0.1) is 12.6 Å².